The van der Waals surface area contributed by atoms with Gasteiger partial charge in [0, 0.05) is 19.0 Å². The first-order chi connectivity index (χ1) is 13.5. The molecular weight excluding hydrogens is 378 g/mol. The van der Waals surface area contributed by atoms with Gasteiger partial charge in [-0.3, -0.25) is 4.79 Å². The Bertz CT molecular complexity index is 985. The third-order valence-electron chi connectivity index (χ3n) is 6.04. The summed E-state index contributed by atoms with van der Waals surface area (Å²) < 4.78 is 28.2. The van der Waals surface area contributed by atoms with Gasteiger partial charge in [-0.25, -0.2) is 22.4 Å². The van der Waals surface area contributed by atoms with Crippen molar-refractivity contribution in [2.24, 2.45) is 0 Å². The van der Waals surface area contributed by atoms with E-state index < -0.39 is 10.0 Å². The number of nitrogens with zero attached hydrogens (tertiary/aromatic N) is 4. The lowest BCUT2D eigenvalue weighted by Gasteiger charge is -2.37. The lowest BCUT2D eigenvalue weighted by atomic mass is 9.96. The number of aromatic nitrogens is 4. The van der Waals surface area contributed by atoms with E-state index in [2.05, 4.69) is 17.0 Å². The Hall–Kier alpha value is -1.74. The molecule has 1 saturated heterocycles. The zero-order valence-electron chi connectivity index (χ0n) is 16.4. The lowest BCUT2D eigenvalue weighted by molar-refractivity contribution is 0.255. The number of fused-ring (bicyclic) bond motifs is 1. The van der Waals surface area contributed by atoms with Crippen LogP contribution >= 0.6 is 0 Å². The van der Waals surface area contributed by atoms with Crippen LogP contribution in [0.3, 0.4) is 0 Å². The molecule has 1 aliphatic heterocycles. The highest BCUT2D eigenvalue weighted by atomic mass is 32.2. The molecule has 4 rings (SSSR count). The summed E-state index contributed by atoms with van der Waals surface area (Å²) in [6, 6.07) is 0.297. The standard InChI is InChI=1S/C19H29N5O3S/c1-2-3-7-10-28(26,27)23-12-14(13-23)17-21-18-16(19(25)22-17)11-20-24(18)15-8-5-4-6-9-15/h11,14-15H,2-10,12-13H2,1H3,(H,21,22,25). The van der Waals surface area contributed by atoms with Gasteiger partial charge in [-0.15, -0.1) is 0 Å². The van der Waals surface area contributed by atoms with Crippen LogP contribution in [-0.2, 0) is 10.0 Å². The maximum atomic E-state index is 12.5. The molecule has 0 aromatic carbocycles. The van der Waals surface area contributed by atoms with E-state index in [1.165, 1.54) is 23.6 Å². The number of hydrogen-bond acceptors (Lipinski definition) is 5. The number of rotatable bonds is 7. The van der Waals surface area contributed by atoms with E-state index in [0.29, 0.717) is 42.4 Å². The number of unbranched alkanes of at least 4 members (excludes halogenated alkanes) is 2. The van der Waals surface area contributed by atoms with Crippen LogP contribution in [0.4, 0.5) is 0 Å². The van der Waals surface area contributed by atoms with Crippen LogP contribution in [0, 0.1) is 0 Å². The van der Waals surface area contributed by atoms with Crippen LogP contribution in [0.15, 0.2) is 11.0 Å². The molecule has 0 atom stereocenters. The Morgan fingerprint density at radius 1 is 1.18 bits per heavy atom. The number of aromatic amines is 1. The monoisotopic (exact) mass is 407 g/mol. The molecule has 8 nitrogen and oxygen atoms in total. The SMILES string of the molecule is CCCCCS(=O)(=O)N1CC(c2nc3c(cnn3C3CCCCC3)c(=O)[nH]2)C1. The Morgan fingerprint density at radius 2 is 1.93 bits per heavy atom. The molecule has 0 amide bonds. The first-order valence-corrected chi connectivity index (χ1v) is 12.1. The molecule has 28 heavy (non-hydrogen) atoms. The quantitative estimate of drug-likeness (QED) is 0.711. The second kappa shape index (κ2) is 7.94. The van der Waals surface area contributed by atoms with Crippen molar-refractivity contribution >= 4 is 21.1 Å². The molecule has 154 valence electrons. The normalized spacial score (nSPS) is 19.9. The topological polar surface area (TPSA) is 101 Å². The van der Waals surface area contributed by atoms with Gasteiger partial charge in [-0.05, 0) is 19.3 Å². The first kappa shape index (κ1) is 19.6. The van der Waals surface area contributed by atoms with Gasteiger partial charge < -0.3 is 4.98 Å². The Balaban J connectivity index is 1.52. The van der Waals surface area contributed by atoms with Crippen LogP contribution in [-0.4, -0.2) is 51.3 Å². The minimum absolute atomic E-state index is 0.0623. The highest BCUT2D eigenvalue weighted by Gasteiger charge is 2.38. The molecule has 1 saturated carbocycles. The average Bonchev–Trinajstić information content (AvgIpc) is 3.06. The Morgan fingerprint density at radius 3 is 2.64 bits per heavy atom. The number of sulfonamides is 1. The van der Waals surface area contributed by atoms with E-state index in [9.17, 15) is 13.2 Å². The van der Waals surface area contributed by atoms with Crippen molar-refractivity contribution in [3.8, 4) is 0 Å². The molecule has 0 radical (unpaired) electrons. The number of hydrogen-bond donors (Lipinski definition) is 1. The molecule has 9 heteroatoms. The molecule has 0 spiro atoms. The Labute approximate surface area is 165 Å². The van der Waals surface area contributed by atoms with E-state index in [-0.39, 0.29) is 17.2 Å². The van der Waals surface area contributed by atoms with Crippen LogP contribution < -0.4 is 5.56 Å². The van der Waals surface area contributed by atoms with Crippen LogP contribution in [0.2, 0.25) is 0 Å². The Kier molecular flexibility index (Phi) is 5.55. The summed E-state index contributed by atoms with van der Waals surface area (Å²) in [7, 11) is -3.21. The molecule has 3 heterocycles. The maximum absolute atomic E-state index is 12.5. The number of nitrogens with one attached hydrogen (secondary N) is 1. The summed E-state index contributed by atoms with van der Waals surface area (Å²) in [4.78, 5) is 20.1. The summed E-state index contributed by atoms with van der Waals surface area (Å²) in [5.74, 6) is 0.716. The molecule has 2 aliphatic rings. The van der Waals surface area contributed by atoms with E-state index in [0.717, 1.165) is 25.7 Å². The van der Waals surface area contributed by atoms with Gasteiger partial charge in [0.05, 0.1) is 18.0 Å². The predicted octanol–water partition coefficient (Wildman–Crippen LogP) is 2.54. The second-order valence-electron chi connectivity index (χ2n) is 8.11. The fraction of sp³-hybridized carbons (Fsp3) is 0.737. The van der Waals surface area contributed by atoms with Crippen LogP contribution in [0.25, 0.3) is 11.0 Å². The minimum Gasteiger partial charge on any atom is -0.310 e. The maximum Gasteiger partial charge on any atom is 0.262 e. The van der Waals surface area contributed by atoms with Crippen molar-refractivity contribution in [3.05, 3.63) is 22.4 Å². The summed E-state index contributed by atoms with van der Waals surface area (Å²) in [6.45, 7) is 2.84. The smallest absolute Gasteiger partial charge is 0.262 e. The van der Waals surface area contributed by atoms with Crippen molar-refractivity contribution in [1.82, 2.24) is 24.1 Å². The molecule has 1 aliphatic carbocycles. The molecule has 2 aromatic heterocycles. The van der Waals surface area contributed by atoms with Crippen molar-refractivity contribution in [2.45, 2.75) is 70.3 Å². The summed E-state index contributed by atoms with van der Waals surface area (Å²) >= 11 is 0. The van der Waals surface area contributed by atoms with Gasteiger partial charge in [0.25, 0.3) is 5.56 Å². The molecule has 0 bridgehead atoms. The van der Waals surface area contributed by atoms with Gasteiger partial charge >= 0.3 is 0 Å². The number of H-pyrrole nitrogens is 1. The zero-order valence-corrected chi connectivity index (χ0v) is 17.2. The third kappa shape index (κ3) is 3.74. The molecule has 2 fully saturated rings. The zero-order chi connectivity index (χ0) is 19.7. The van der Waals surface area contributed by atoms with E-state index >= 15 is 0 Å². The highest BCUT2D eigenvalue weighted by molar-refractivity contribution is 7.89. The van der Waals surface area contributed by atoms with Gasteiger partial charge in [0.15, 0.2) is 5.65 Å². The average molecular weight is 408 g/mol. The van der Waals surface area contributed by atoms with Crippen molar-refractivity contribution < 1.29 is 8.42 Å². The molecule has 2 aromatic rings. The van der Waals surface area contributed by atoms with Crippen LogP contribution in [0.1, 0.15) is 76.1 Å². The third-order valence-corrected chi connectivity index (χ3v) is 7.93. The van der Waals surface area contributed by atoms with E-state index in [1.54, 1.807) is 6.20 Å². The summed E-state index contributed by atoms with van der Waals surface area (Å²) in [5.41, 5.74) is 0.446. The van der Waals surface area contributed by atoms with Gasteiger partial charge in [0.1, 0.15) is 11.2 Å². The fourth-order valence-corrected chi connectivity index (χ4v) is 5.88. The summed E-state index contributed by atoms with van der Waals surface area (Å²) in [6.07, 6.45) is 9.95. The van der Waals surface area contributed by atoms with Crippen molar-refractivity contribution in [2.75, 3.05) is 18.8 Å². The van der Waals surface area contributed by atoms with Gasteiger partial charge in [0.2, 0.25) is 10.0 Å². The highest BCUT2D eigenvalue weighted by Crippen LogP contribution is 2.31. The predicted molar refractivity (Wildman–Crippen MR) is 108 cm³/mol. The molecular formula is C19H29N5O3S. The van der Waals surface area contributed by atoms with E-state index in [1.807, 2.05) is 4.68 Å². The lowest BCUT2D eigenvalue weighted by Crippen LogP contribution is -2.50. The van der Waals surface area contributed by atoms with Crippen molar-refractivity contribution in [1.29, 1.82) is 0 Å². The fourth-order valence-electron chi connectivity index (χ4n) is 4.24. The van der Waals surface area contributed by atoms with Crippen molar-refractivity contribution in [3.63, 3.8) is 0 Å². The minimum atomic E-state index is -3.21. The molecule has 1 N–H and O–H groups in total. The van der Waals surface area contributed by atoms with Gasteiger partial charge in [-0.1, -0.05) is 39.0 Å². The molecule has 0 unspecified atom stereocenters. The second-order valence-corrected chi connectivity index (χ2v) is 10.2. The van der Waals surface area contributed by atoms with E-state index in [4.69, 9.17) is 4.98 Å². The van der Waals surface area contributed by atoms with Crippen LogP contribution in [0.5, 0.6) is 0 Å². The first-order valence-electron chi connectivity index (χ1n) is 10.4. The largest absolute Gasteiger partial charge is 0.310 e. The summed E-state index contributed by atoms with van der Waals surface area (Å²) in [5, 5.41) is 4.96. The van der Waals surface area contributed by atoms with Gasteiger partial charge in [-0.2, -0.15) is 5.10 Å².